The summed E-state index contributed by atoms with van der Waals surface area (Å²) in [4.78, 5) is 13.7. The van der Waals surface area contributed by atoms with Gasteiger partial charge in [-0.3, -0.25) is 4.79 Å². The van der Waals surface area contributed by atoms with E-state index in [2.05, 4.69) is 18.5 Å². The van der Waals surface area contributed by atoms with Crippen molar-refractivity contribution in [1.82, 2.24) is 10.2 Å². The molecule has 1 amide bonds. The van der Waals surface area contributed by atoms with Gasteiger partial charge in [-0.2, -0.15) is 0 Å². The highest BCUT2D eigenvalue weighted by molar-refractivity contribution is 7.80. The Morgan fingerprint density at radius 3 is 2.54 bits per heavy atom. The minimum absolute atomic E-state index is 0.163. The summed E-state index contributed by atoms with van der Waals surface area (Å²) < 4.78 is 5.53. The quantitative estimate of drug-likeness (QED) is 0.391. The number of hydrogen-bond acceptors (Lipinski definition) is 3. The highest BCUT2D eigenvalue weighted by Crippen LogP contribution is 2.27. The molecule has 0 bridgehead atoms. The molecular weight excluding hydrogens is 367 g/mol. The summed E-state index contributed by atoms with van der Waals surface area (Å²) in [7, 11) is 0. The van der Waals surface area contributed by atoms with Crippen LogP contribution < -0.4 is 10.1 Å². The van der Waals surface area contributed by atoms with E-state index in [0.717, 1.165) is 0 Å². The van der Waals surface area contributed by atoms with E-state index < -0.39 is 0 Å². The zero-order valence-electron chi connectivity index (χ0n) is 13.3. The summed E-state index contributed by atoms with van der Waals surface area (Å²) in [6.45, 7) is 8.78. The van der Waals surface area contributed by atoms with E-state index in [-0.39, 0.29) is 5.91 Å². The second-order valence-electron chi connectivity index (χ2n) is 4.86. The third-order valence-corrected chi connectivity index (χ3v) is 3.82. The smallest absolute Gasteiger partial charge is 0.226 e. The van der Waals surface area contributed by atoms with Gasteiger partial charge in [0.05, 0.1) is 11.6 Å². The predicted molar refractivity (Wildman–Crippen MR) is 104 cm³/mol. The molecule has 0 atom stereocenters. The van der Waals surface area contributed by atoms with Gasteiger partial charge >= 0.3 is 0 Å². The lowest BCUT2D eigenvalue weighted by molar-refractivity contribution is -0.120. The van der Waals surface area contributed by atoms with Crippen molar-refractivity contribution in [2.45, 2.75) is 12.8 Å². The van der Waals surface area contributed by atoms with Crippen molar-refractivity contribution in [1.29, 1.82) is 0 Å². The maximum atomic E-state index is 11.9. The van der Waals surface area contributed by atoms with Crippen LogP contribution in [0, 0.1) is 0 Å². The van der Waals surface area contributed by atoms with Crippen LogP contribution in [0.1, 0.15) is 12.8 Å². The van der Waals surface area contributed by atoms with E-state index in [1.807, 2.05) is 0 Å². The molecule has 0 unspecified atom stereocenters. The first kappa shape index (κ1) is 20.5. The summed E-state index contributed by atoms with van der Waals surface area (Å²) in [5.74, 6) is 0.379. The number of thiocarbonyl (C=S) groups is 1. The Balaban J connectivity index is 2.34. The Morgan fingerprint density at radius 2 is 1.96 bits per heavy atom. The maximum absolute atomic E-state index is 11.9. The number of nitrogens with one attached hydrogen (secondary N) is 1. The highest BCUT2D eigenvalue weighted by atomic mass is 35.5. The number of amides is 1. The minimum Gasteiger partial charge on any atom is -0.492 e. The van der Waals surface area contributed by atoms with Gasteiger partial charge < -0.3 is 15.0 Å². The summed E-state index contributed by atoms with van der Waals surface area (Å²) in [5.41, 5.74) is 0. The monoisotopic (exact) mass is 386 g/mol. The molecule has 1 aromatic carbocycles. The van der Waals surface area contributed by atoms with Gasteiger partial charge in [0.25, 0.3) is 0 Å². The molecule has 0 heterocycles. The fourth-order valence-corrected chi connectivity index (χ4v) is 2.55. The van der Waals surface area contributed by atoms with Gasteiger partial charge in [0, 0.05) is 24.5 Å². The van der Waals surface area contributed by atoms with Crippen molar-refractivity contribution in [3.63, 3.8) is 0 Å². The molecular formula is C17H20Cl2N2O2S. The van der Waals surface area contributed by atoms with Crippen molar-refractivity contribution in [2.75, 3.05) is 19.7 Å². The molecule has 0 radical (unpaired) electrons. The largest absolute Gasteiger partial charge is 0.492 e. The van der Waals surface area contributed by atoms with Crippen molar-refractivity contribution in [2.24, 2.45) is 0 Å². The van der Waals surface area contributed by atoms with Gasteiger partial charge in [0.2, 0.25) is 5.91 Å². The second-order valence-corrected chi connectivity index (χ2v) is 6.09. The van der Waals surface area contributed by atoms with E-state index in [1.54, 1.807) is 35.3 Å². The Hall–Kier alpha value is -1.56. The van der Waals surface area contributed by atoms with Crippen molar-refractivity contribution in [3.8, 4) is 5.75 Å². The van der Waals surface area contributed by atoms with Crippen LogP contribution in [0.15, 0.2) is 43.5 Å². The van der Waals surface area contributed by atoms with Gasteiger partial charge in [-0.1, -0.05) is 35.4 Å². The molecule has 24 heavy (non-hydrogen) atoms. The average Bonchev–Trinajstić information content (AvgIpc) is 2.53. The minimum atomic E-state index is -0.163. The first-order chi connectivity index (χ1) is 11.5. The highest BCUT2D eigenvalue weighted by Gasteiger charge is 2.10. The van der Waals surface area contributed by atoms with E-state index in [0.29, 0.717) is 53.4 Å². The van der Waals surface area contributed by atoms with Crippen molar-refractivity contribution in [3.05, 3.63) is 53.6 Å². The lowest BCUT2D eigenvalue weighted by Gasteiger charge is -2.22. The molecule has 0 saturated heterocycles. The normalized spacial score (nSPS) is 9.92. The Kier molecular flexibility index (Phi) is 9.45. The van der Waals surface area contributed by atoms with E-state index >= 15 is 0 Å². The molecule has 1 aromatic rings. The molecule has 0 aliphatic heterocycles. The van der Waals surface area contributed by atoms with Crippen molar-refractivity contribution >= 4 is 46.4 Å². The number of ether oxygens (including phenoxy) is 1. The standard InChI is InChI=1S/C17H20Cl2N2O2S/c1-3-9-21(10-4-2)17(24)20-16(22)6-5-11-23-15-8-7-13(18)12-14(15)19/h3-4,7-8,12H,1-2,5-6,9-11H2,(H,20,22,24). The van der Waals surface area contributed by atoms with Gasteiger partial charge in [-0.05, 0) is 36.8 Å². The molecule has 1 rings (SSSR count). The summed E-state index contributed by atoms with van der Waals surface area (Å²) in [5, 5.41) is 4.04. The third kappa shape index (κ3) is 7.34. The molecule has 130 valence electrons. The van der Waals surface area contributed by atoms with Crippen LogP contribution in [0.5, 0.6) is 5.75 Å². The predicted octanol–water partition coefficient (Wildman–Crippen LogP) is 4.23. The van der Waals surface area contributed by atoms with E-state index in [4.69, 9.17) is 40.2 Å². The van der Waals surface area contributed by atoms with Crippen molar-refractivity contribution < 1.29 is 9.53 Å². The number of halogens is 2. The lowest BCUT2D eigenvalue weighted by atomic mass is 10.3. The molecule has 0 aromatic heterocycles. The number of rotatable bonds is 9. The average molecular weight is 387 g/mol. The van der Waals surface area contributed by atoms with Crippen LogP contribution in [0.25, 0.3) is 0 Å². The van der Waals surface area contributed by atoms with Crippen LogP contribution in [-0.2, 0) is 4.79 Å². The fourth-order valence-electron chi connectivity index (χ4n) is 1.82. The number of nitrogens with zero attached hydrogens (tertiary/aromatic N) is 1. The van der Waals surface area contributed by atoms with Crippen LogP contribution in [0.2, 0.25) is 10.0 Å². The van der Waals surface area contributed by atoms with E-state index in [1.165, 1.54) is 0 Å². The Bertz CT molecular complexity index is 598. The lowest BCUT2D eigenvalue weighted by Crippen LogP contribution is -2.42. The molecule has 0 spiro atoms. The molecule has 1 N–H and O–H groups in total. The number of carbonyl (C=O) groups is 1. The summed E-state index contributed by atoms with van der Waals surface area (Å²) >= 11 is 17.0. The second kappa shape index (κ2) is 11.1. The van der Waals surface area contributed by atoms with Crippen LogP contribution in [0.4, 0.5) is 0 Å². The number of benzene rings is 1. The van der Waals surface area contributed by atoms with Gasteiger partial charge in [-0.15, -0.1) is 13.2 Å². The summed E-state index contributed by atoms with van der Waals surface area (Å²) in [6, 6.07) is 5.00. The zero-order chi connectivity index (χ0) is 17.9. The zero-order valence-corrected chi connectivity index (χ0v) is 15.6. The summed E-state index contributed by atoms with van der Waals surface area (Å²) in [6.07, 6.45) is 4.26. The first-order valence-electron chi connectivity index (χ1n) is 7.36. The molecule has 4 nitrogen and oxygen atoms in total. The van der Waals surface area contributed by atoms with E-state index in [9.17, 15) is 4.79 Å². The number of hydrogen-bond donors (Lipinski definition) is 1. The van der Waals surface area contributed by atoms with Crippen LogP contribution in [0.3, 0.4) is 0 Å². The van der Waals surface area contributed by atoms with Gasteiger partial charge in [-0.25, -0.2) is 0 Å². The molecule has 0 saturated carbocycles. The van der Waals surface area contributed by atoms with Crippen LogP contribution >= 0.6 is 35.4 Å². The van der Waals surface area contributed by atoms with Gasteiger partial charge in [0.1, 0.15) is 5.75 Å². The molecule has 0 aliphatic rings. The SMILES string of the molecule is C=CCN(CC=C)C(=S)NC(=O)CCCOc1ccc(Cl)cc1Cl. The first-order valence-corrected chi connectivity index (χ1v) is 8.52. The molecule has 0 aliphatic carbocycles. The topological polar surface area (TPSA) is 41.6 Å². The fraction of sp³-hybridized carbons (Fsp3) is 0.294. The Labute approximate surface area is 158 Å². The van der Waals surface area contributed by atoms with Gasteiger partial charge in [0.15, 0.2) is 5.11 Å². The maximum Gasteiger partial charge on any atom is 0.226 e. The molecule has 0 fully saturated rings. The molecule has 7 heteroatoms. The third-order valence-electron chi connectivity index (χ3n) is 2.93. The van der Waals surface area contributed by atoms with Crippen LogP contribution in [-0.4, -0.2) is 35.6 Å². The Morgan fingerprint density at radius 1 is 1.29 bits per heavy atom. The number of carbonyl (C=O) groups excluding carboxylic acids is 1.